The second kappa shape index (κ2) is 11.7. The molecule has 0 amide bonds. The van der Waals surface area contributed by atoms with E-state index in [-0.39, 0.29) is 12.0 Å². The summed E-state index contributed by atoms with van der Waals surface area (Å²) >= 11 is 0. The van der Waals surface area contributed by atoms with Gasteiger partial charge in [-0.1, -0.05) is 57.7 Å². The molecule has 1 unspecified atom stereocenters. The third-order valence-corrected chi connectivity index (χ3v) is 5.37. The standard InChI is InChI=1S/C27H37N3O4/c1-10-16-32-26(31)34-20(5)33-25(24-18(3)19(4)29-30(24)11-2)23(17-28-9)21-12-14-22(15-13-21)27(6,7)8/h10,12-15,17,20H,1,11,16H2,2-9H3/b25-23-,28-17?. The van der Waals surface area contributed by atoms with Gasteiger partial charge in [-0.2, -0.15) is 5.10 Å². The van der Waals surface area contributed by atoms with Crippen LogP contribution in [0.3, 0.4) is 0 Å². The van der Waals surface area contributed by atoms with Gasteiger partial charge in [-0.3, -0.25) is 9.67 Å². The molecular weight excluding hydrogens is 430 g/mol. The van der Waals surface area contributed by atoms with E-state index in [0.29, 0.717) is 12.3 Å². The molecule has 0 bridgehead atoms. The van der Waals surface area contributed by atoms with E-state index in [1.54, 1.807) is 20.2 Å². The van der Waals surface area contributed by atoms with Crippen LogP contribution in [0.5, 0.6) is 0 Å². The molecule has 0 aliphatic carbocycles. The Balaban J connectivity index is 2.65. The summed E-state index contributed by atoms with van der Waals surface area (Å²) in [5, 5.41) is 4.66. The van der Waals surface area contributed by atoms with Crippen molar-refractivity contribution < 1.29 is 19.0 Å². The molecule has 0 aliphatic rings. The number of rotatable bonds is 9. The maximum atomic E-state index is 12.0. The third kappa shape index (κ3) is 6.59. The number of hydrogen-bond donors (Lipinski definition) is 0. The minimum absolute atomic E-state index is 0.0310. The molecule has 0 saturated carbocycles. The number of benzene rings is 1. The average Bonchev–Trinajstić information content (AvgIpc) is 3.07. The maximum absolute atomic E-state index is 12.0. The minimum Gasteiger partial charge on any atom is -0.452 e. The molecule has 34 heavy (non-hydrogen) atoms. The number of allylic oxidation sites excluding steroid dienone is 1. The van der Waals surface area contributed by atoms with E-state index < -0.39 is 12.4 Å². The summed E-state index contributed by atoms with van der Waals surface area (Å²) in [6, 6.07) is 8.33. The molecule has 1 heterocycles. The van der Waals surface area contributed by atoms with E-state index in [1.807, 2.05) is 25.5 Å². The van der Waals surface area contributed by atoms with Gasteiger partial charge in [-0.05, 0) is 37.3 Å². The molecule has 1 atom stereocenters. The SMILES string of the molecule is C=CCOC(=O)OC(C)O/C(=C(/C=NC)c1ccc(C(C)(C)C)cc1)c1c(C)c(C)nn1CC. The second-order valence-electron chi connectivity index (χ2n) is 8.99. The number of carbonyl (C=O) groups is 1. The van der Waals surface area contributed by atoms with E-state index in [4.69, 9.17) is 14.2 Å². The average molecular weight is 468 g/mol. The second-order valence-corrected chi connectivity index (χ2v) is 8.99. The fourth-order valence-electron chi connectivity index (χ4n) is 3.46. The van der Waals surface area contributed by atoms with Crippen LogP contribution in [0.4, 0.5) is 4.79 Å². The lowest BCUT2D eigenvalue weighted by molar-refractivity contribution is -0.0648. The molecule has 0 saturated heterocycles. The first-order chi connectivity index (χ1) is 16.0. The summed E-state index contributed by atoms with van der Waals surface area (Å²) in [5.41, 5.74) is 5.62. The van der Waals surface area contributed by atoms with Gasteiger partial charge in [0.15, 0.2) is 5.76 Å². The van der Waals surface area contributed by atoms with Crippen molar-refractivity contribution in [3.63, 3.8) is 0 Å². The first kappa shape index (κ1) is 26.9. The Bertz CT molecular complexity index is 1060. The predicted octanol–water partition coefficient (Wildman–Crippen LogP) is 6.09. The highest BCUT2D eigenvalue weighted by molar-refractivity contribution is 6.18. The van der Waals surface area contributed by atoms with Gasteiger partial charge >= 0.3 is 6.16 Å². The zero-order chi connectivity index (χ0) is 25.5. The van der Waals surface area contributed by atoms with Crippen LogP contribution in [-0.4, -0.2) is 42.1 Å². The lowest BCUT2D eigenvalue weighted by Crippen LogP contribution is -2.20. The van der Waals surface area contributed by atoms with Gasteiger partial charge in [0, 0.05) is 37.9 Å². The Kier molecular flexibility index (Phi) is 9.24. The summed E-state index contributed by atoms with van der Waals surface area (Å²) in [5.74, 6) is 0.526. The lowest BCUT2D eigenvalue weighted by atomic mass is 9.86. The molecule has 7 nitrogen and oxygen atoms in total. The number of nitrogens with zero attached hydrogens (tertiary/aromatic N) is 3. The van der Waals surface area contributed by atoms with Gasteiger partial charge < -0.3 is 14.2 Å². The van der Waals surface area contributed by atoms with Crippen molar-refractivity contribution in [1.82, 2.24) is 9.78 Å². The topological polar surface area (TPSA) is 74.9 Å². The highest BCUT2D eigenvalue weighted by Crippen LogP contribution is 2.32. The summed E-state index contributed by atoms with van der Waals surface area (Å²) in [6.07, 6.45) is 1.48. The fourth-order valence-corrected chi connectivity index (χ4v) is 3.46. The van der Waals surface area contributed by atoms with Gasteiger partial charge in [0.05, 0.1) is 5.69 Å². The summed E-state index contributed by atoms with van der Waals surface area (Å²) in [7, 11) is 1.71. The number of carbonyl (C=O) groups excluding carboxylic acids is 1. The van der Waals surface area contributed by atoms with Gasteiger partial charge in [0.2, 0.25) is 6.29 Å². The highest BCUT2D eigenvalue weighted by atomic mass is 16.8. The molecule has 1 aromatic carbocycles. The number of aryl methyl sites for hydroxylation is 2. The smallest absolute Gasteiger partial charge is 0.452 e. The van der Waals surface area contributed by atoms with Crippen molar-refractivity contribution in [2.75, 3.05) is 13.7 Å². The van der Waals surface area contributed by atoms with E-state index in [0.717, 1.165) is 28.1 Å². The Morgan fingerprint density at radius 1 is 1.21 bits per heavy atom. The number of hydrogen-bond acceptors (Lipinski definition) is 6. The van der Waals surface area contributed by atoms with Gasteiger partial charge in [-0.25, -0.2) is 4.79 Å². The zero-order valence-corrected chi connectivity index (χ0v) is 21.6. The molecule has 184 valence electrons. The summed E-state index contributed by atoms with van der Waals surface area (Å²) in [6.45, 7) is 18.4. The Morgan fingerprint density at radius 3 is 2.38 bits per heavy atom. The van der Waals surface area contributed by atoms with Crippen LogP contribution in [0.25, 0.3) is 11.3 Å². The lowest BCUT2D eigenvalue weighted by Gasteiger charge is -2.22. The van der Waals surface area contributed by atoms with Crippen LogP contribution in [0.2, 0.25) is 0 Å². The molecule has 2 aromatic rings. The molecule has 2 rings (SSSR count). The first-order valence-electron chi connectivity index (χ1n) is 11.5. The number of ether oxygens (including phenoxy) is 3. The molecule has 0 fully saturated rings. The monoisotopic (exact) mass is 467 g/mol. The zero-order valence-electron chi connectivity index (χ0n) is 21.6. The van der Waals surface area contributed by atoms with Crippen LogP contribution in [-0.2, 0) is 26.2 Å². The predicted molar refractivity (Wildman–Crippen MR) is 137 cm³/mol. The van der Waals surface area contributed by atoms with Crippen molar-refractivity contribution in [3.8, 4) is 0 Å². The minimum atomic E-state index is -0.915. The number of aliphatic imine (C=N–C) groups is 1. The van der Waals surface area contributed by atoms with E-state index in [9.17, 15) is 4.79 Å². The molecule has 7 heteroatoms. The Morgan fingerprint density at radius 2 is 1.85 bits per heavy atom. The van der Waals surface area contributed by atoms with Crippen molar-refractivity contribution in [2.24, 2.45) is 4.99 Å². The first-order valence-corrected chi connectivity index (χ1v) is 11.5. The van der Waals surface area contributed by atoms with Gasteiger partial charge in [0.1, 0.15) is 12.3 Å². The van der Waals surface area contributed by atoms with Crippen molar-refractivity contribution in [3.05, 3.63) is 65.0 Å². The molecule has 1 aromatic heterocycles. The van der Waals surface area contributed by atoms with Crippen LogP contribution >= 0.6 is 0 Å². The van der Waals surface area contributed by atoms with Crippen LogP contribution in [0.15, 0.2) is 41.9 Å². The molecule has 0 spiro atoms. The molecule has 0 aliphatic heterocycles. The normalized spacial score (nSPS) is 13.4. The van der Waals surface area contributed by atoms with Crippen LogP contribution in [0.1, 0.15) is 62.7 Å². The number of aromatic nitrogens is 2. The van der Waals surface area contributed by atoms with Crippen molar-refractivity contribution in [2.45, 2.75) is 66.7 Å². The summed E-state index contributed by atoms with van der Waals surface area (Å²) < 4.78 is 18.4. The van der Waals surface area contributed by atoms with E-state index in [1.165, 1.54) is 11.6 Å². The molecule has 0 radical (unpaired) electrons. The quantitative estimate of drug-likeness (QED) is 0.147. The highest BCUT2D eigenvalue weighted by Gasteiger charge is 2.24. The third-order valence-electron chi connectivity index (χ3n) is 5.37. The Labute approximate surface area is 203 Å². The van der Waals surface area contributed by atoms with E-state index in [2.05, 4.69) is 61.7 Å². The summed E-state index contributed by atoms with van der Waals surface area (Å²) in [4.78, 5) is 16.3. The maximum Gasteiger partial charge on any atom is 0.511 e. The van der Waals surface area contributed by atoms with Crippen molar-refractivity contribution >= 4 is 23.7 Å². The molecule has 0 N–H and O–H groups in total. The van der Waals surface area contributed by atoms with E-state index >= 15 is 0 Å². The molecular formula is C27H37N3O4. The van der Waals surface area contributed by atoms with Crippen LogP contribution in [0, 0.1) is 13.8 Å². The van der Waals surface area contributed by atoms with Gasteiger partial charge in [0.25, 0.3) is 0 Å². The largest absolute Gasteiger partial charge is 0.511 e. The van der Waals surface area contributed by atoms with Crippen molar-refractivity contribution in [1.29, 1.82) is 0 Å². The van der Waals surface area contributed by atoms with Crippen LogP contribution < -0.4 is 0 Å². The fraction of sp³-hybridized carbons (Fsp3) is 0.444. The Hall–Kier alpha value is -3.35. The van der Waals surface area contributed by atoms with Gasteiger partial charge in [-0.15, -0.1) is 0 Å².